The van der Waals surface area contributed by atoms with E-state index in [0.29, 0.717) is 12.5 Å². The van der Waals surface area contributed by atoms with Crippen molar-refractivity contribution < 1.29 is 9.53 Å². The topological polar surface area (TPSA) is 50.4 Å². The van der Waals surface area contributed by atoms with Gasteiger partial charge in [-0.3, -0.25) is 4.79 Å². The fourth-order valence-corrected chi connectivity index (χ4v) is 1.99. The Balaban J connectivity index is 2.61. The third-order valence-electron chi connectivity index (χ3n) is 3.24. The van der Waals surface area contributed by atoms with Gasteiger partial charge in [-0.1, -0.05) is 32.9 Å². The molecule has 0 aliphatic heterocycles. The Morgan fingerprint density at radius 2 is 1.95 bits per heavy atom. The average molecular weight is 292 g/mol. The molecule has 1 amide bonds. The zero-order chi connectivity index (χ0) is 15.8. The molecule has 21 heavy (non-hydrogen) atoms. The van der Waals surface area contributed by atoms with E-state index in [1.54, 1.807) is 6.92 Å². The number of benzene rings is 1. The van der Waals surface area contributed by atoms with Crippen LogP contribution in [0.3, 0.4) is 0 Å². The molecule has 0 saturated carbocycles. The first-order valence-corrected chi connectivity index (χ1v) is 7.71. The Morgan fingerprint density at radius 1 is 1.24 bits per heavy atom. The molecule has 1 rings (SSSR count). The van der Waals surface area contributed by atoms with Crippen molar-refractivity contribution in [2.24, 2.45) is 5.92 Å². The van der Waals surface area contributed by atoms with Gasteiger partial charge in [0.2, 0.25) is 0 Å². The van der Waals surface area contributed by atoms with Crippen LogP contribution in [0.25, 0.3) is 0 Å². The van der Waals surface area contributed by atoms with Gasteiger partial charge in [0, 0.05) is 12.6 Å². The van der Waals surface area contributed by atoms with Gasteiger partial charge in [0.05, 0.1) is 0 Å². The zero-order valence-electron chi connectivity index (χ0n) is 13.8. The van der Waals surface area contributed by atoms with Gasteiger partial charge in [-0.05, 0) is 44.0 Å². The summed E-state index contributed by atoms with van der Waals surface area (Å²) < 4.78 is 5.74. The summed E-state index contributed by atoms with van der Waals surface area (Å²) in [6.45, 7) is 11.7. The molecule has 0 heterocycles. The van der Waals surface area contributed by atoms with Crippen molar-refractivity contribution in [3.05, 3.63) is 29.8 Å². The second-order valence-electron chi connectivity index (χ2n) is 5.75. The van der Waals surface area contributed by atoms with Crippen LogP contribution in [0.15, 0.2) is 24.3 Å². The molecule has 0 spiro atoms. The highest BCUT2D eigenvalue weighted by atomic mass is 16.5. The van der Waals surface area contributed by atoms with Crippen LogP contribution < -0.4 is 15.4 Å². The maximum atomic E-state index is 11.9. The van der Waals surface area contributed by atoms with Gasteiger partial charge < -0.3 is 15.4 Å². The number of carbonyl (C=O) groups excluding carboxylic acids is 1. The number of amides is 1. The molecule has 0 aliphatic carbocycles. The van der Waals surface area contributed by atoms with Crippen molar-refractivity contribution >= 4 is 5.91 Å². The monoisotopic (exact) mass is 292 g/mol. The molecule has 4 nitrogen and oxygen atoms in total. The van der Waals surface area contributed by atoms with E-state index in [-0.39, 0.29) is 11.9 Å². The van der Waals surface area contributed by atoms with Crippen LogP contribution in [0.2, 0.25) is 0 Å². The van der Waals surface area contributed by atoms with E-state index in [1.165, 1.54) is 0 Å². The number of hydrogen-bond donors (Lipinski definition) is 2. The number of nitrogens with one attached hydrogen (secondary N) is 2. The van der Waals surface area contributed by atoms with Crippen molar-refractivity contribution in [1.29, 1.82) is 0 Å². The minimum atomic E-state index is -0.492. The molecule has 0 aromatic heterocycles. The molecule has 2 N–H and O–H groups in total. The van der Waals surface area contributed by atoms with Crippen molar-refractivity contribution in [3.63, 3.8) is 0 Å². The highest BCUT2D eigenvalue weighted by molar-refractivity contribution is 5.80. The van der Waals surface area contributed by atoms with Crippen LogP contribution in [-0.4, -0.2) is 25.1 Å². The molecule has 2 atom stereocenters. The summed E-state index contributed by atoms with van der Waals surface area (Å²) in [7, 11) is 0. The molecule has 2 unspecified atom stereocenters. The van der Waals surface area contributed by atoms with Gasteiger partial charge in [0.1, 0.15) is 5.75 Å². The highest BCUT2D eigenvalue weighted by Gasteiger charge is 2.15. The van der Waals surface area contributed by atoms with Crippen LogP contribution in [0.1, 0.15) is 46.2 Å². The SMILES string of the molecule is CCNC(C)c1cccc(OC(C)C(=O)NCC(C)C)c1. The smallest absolute Gasteiger partial charge is 0.260 e. The number of hydrogen-bond acceptors (Lipinski definition) is 3. The van der Waals surface area contributed by atoms with Gasteiger partial charge >= 0.3 is 0 Å². The summed E-state index contributed by atoms with van der Waals surface area (Å²) in [6.07, 6.45) is -0.492. The minimum Gasteiger partial charge on any atom is -0.481 e. The summed E-state index contributed by atoms with van der Waals surface area (Å²) in [4.78, 5) is 11.9. The summed E-state index contributed by atoms with van der Waals surface area (Å²) in [5.41, 5.74) is 1.16. The third kappa shape index (κ3) is 6.17. The van der Waals surface area contributed by atoms with E-state index in [4.69, 9.17) is 4.74 Å². The lowest BCUT2D eigenvalue weighted by Gasteiger charge is -2.18. The zero-order valence-corrected chi connectivity index (χ0v) is 13.8. The van der Waals surface area contributed by atoms with Gasteiger partial charge in [-0.2, -0.15) is 0 Å². The molecule has 0 aliphatic rings. The summed E-state index contributed by atoms with van der Waals surface area (Å²) in [5.74, 6) is 1.09. The lowest BCUT2D eigenvalue weighted by Crippen LogP contribution is -2.38. The van der Waals surface area contributed by atoms with E-state index in [0.717, 1.165) is 17.9 Å². The maximum absolute atomic E-state index is 11.9. The van der Waals surface area contributed by atoms with Crippen molar-refractivity contribution in [2.45, 2.75) is 46.8 Å². The van der Waals surface area contributed by atoms with E-state index in [9.17, 15) is 4.79 Å². The first-order chi connectivity index (χ1) is 9.93. The third-order valence-corrected chi connectivity index (χ3v) is 3.24. The molecule has 118 valence electrons. The molecule has 0 fully saturated rings. The lowest BCUT2D eigenvalue weighted by atomic mass is 10.1. The molecule has 4 heteroatoms. The Hall–Kier alpha value is -1.55. The minimum absolute atomic E-state index is 0.0752. The van der Waals surface area contributed by atoms with E-state index in [1.807, 2.05) is 18.2 Å². The van der Waals surface area contributed by atoms with E-state index < -0.39 is 6.10 Å². The summed E-state index contributed by atoms with van der Waals surface area (Å²) >= 11 is 0. The number of ether oxygens (including phenoxy) is 1. The van der Waals surface area contributed by atoms with Gasteiger partial charge in [0.15, 0.2) is 6.10 Å². The molecular formula is C17H28N2O2. The largest absolute Gasteiger partial charge is 0.481 e. The van der Waals surface area contributed by atoms with E-state index in [2.05, 4.69) is 44.4 Å². The van der Waals surface area contributed by atoms with E-state index >= 15 is 0 Å². The molecule has 0 bridgehead atoms. The van der Waals surface area contributed by atoms with Gasteiger partial charge in [-0.15, -0.1) is 0 Å². The van der Waals surface area contributed by atoms with Crippen LogP contribution in [0.4, 0.5) is 0 Å². The van der Waals surface area contributed by atoms with Gasteiger partial charge in [0.25, 0.3) is 5.91 Å². The predicted molar refractivity (Wildman–Crippen MR) is 86.5 cm³/mol. The molecule has 0 radical (unpaired) electrons. The summed E-state index contributed by atoms with van der Waals surface area (Å²) in [5, 5.41) is 6.25. The van der Waals surface area contributed by atoms with Crippen LogP contribution >= 0.6 is 0 Å². The second-order valence-corrected chi connectivity index (χ2v) is 5.75. The summed E-state index contributed by atoms with van der Waals surface area (Å²) in [6, 6.07) is 8.15. The number of carbonyl (C=O) groups is 1. The highest BCUT2D eigenvalue weighted by Crippen LogP contribution is 2.20. The van der Waals surface area contributed by atoms with Gasteiger partial charge in [-0.25, -0.2) is 0 Å². The molecule has 0 saturated heterocycles. The average Bonchev–Trinajstić information content (AvgIpc) is 2.45. The molecule has 1 aromatic rings. The molecule has 1 aromatic carbocycles. The van der Waals surface area contributed by atoms with Crippen molar-refractivity contribution in [2.75, 3.05) is 13.1 Å². The number of rotatable bonds is 8. The fourth-order valence-electron chi connectivity index (χ4n) is 1.99. The Kier molecular flexibility index (Phi) is 7.23. The van der Waals surface area contributed by atoms with Crippen molar-refractivity contribution in [3.8, 4) is 5.75 Å². The van der Waals surface area contributed by atoms with Crippen LogP contribution in [0.5, 0.6) is 5.75 Å². The Morgan fingerprint density at radius 3 is 2.57 bits per heavy atom. The van der Waals surface area contributed by atoms with Crippen LogP contribution in [-0.2, 0) is 4.79 Å². The normalized spacial score (nSPS) is 13.8. The van der Waals surface area contributed by atoms with Crippen LogP contribution in [0, 0.1) is 5.92 Å². The molecular weight excluding hydrogens is 264 g/mol. The predicted octanol–water partition coefficient (Wildman–Crippen LogP) is 2.90. The second kappa shape index (κ2) is 8.67. The fraction of sp³-hybridized carbons (Fsp3) is 0.588. The first kappa shape index (κ1) is 17.5. The maximum Gasteiger partial charge on any atom is 0.260 e. The van der Waals surface area contributed by atoms with Crippen molar-refractivity contribution in [1.82, 2.24) is 10.6 Å². The Labute approximate surface area is 128 Å². The Bertz CT molecular complexity index is 446. The first-order valence-electron chi connectivity index (χ1n) is 7.71. The quantitative estimate of drug-likeness (QED) is 0.774. The lowest BCUT2D eigenvalue weighted by molar-refractivity contribution is -0.127. The standard InChI is InChI=1S/C17H28N2O2/c1-6-18-13(4)15-8-7-9-16(10-15)21-14(5)17(20)19-11-12(2)3/h7-10,12-14,18H,6,11H2,1-5H3,(H,19,20).